The summed E-state index contributed by atoms with van der Waals surface area (Å²) in [5.74, 6) is -1.29. The second kappa shape index (κ2) is 5.39. The van der Waals surface area contributed by atoms with Crippen LogP contribution in [0.3, 0.4) is 0 Å². The molecule has 1 N–H and O–H groups in total. The Morgan fingerprint density at radius 3 is 2.38 bits per heavy atom. The summed E-state index contributed by atoms with van der Waals surface area (Å²) < 4.78 is 0. The largest absolute Gasteiger partial charge is 0.479 e. The van der Waals surface area contributed by atoms with Crippen molar-refractivity contribution in [2.24, 2.45) is 5.92 Å². The van der Waals surface area contributed by atoms with Crippen LogP contribution >= 0.6 is 0 Å². The lowest BCUT2D eigenvalue weighted by atomic mass is 10.0. The van der Waals surface area contributed by atoms with Gasteiger partial charge in [-0.15, -0.1) is 0 Å². The number of carboxylic acids is 1. The van der Waals surface area contributed by atoms with Crippen LogP contribution < -0.4 is 0 Å². The Kier molecular flexibility index (Phi) is 3.37. The number of carbonyl (C=O) groups excluding carboxylic acids is 1. The van der Waals surface area contributed by atoms with Gasteiger partial charge in [-0.05, 0) is 47.2 Å². The summed E-state index contributed by atoms with van der Waals surface area (Å²) in [5.41, 5.74) is 1.74. The molecule has 1 saturated carbocycles. The summed E-state index contributed by atoms with van der Waals surface area (Å²) in [4.78, 5) is 36.3. The van der Waals surface area contributed by atoms with Crippen molar-refractivity contribution in [1.29, 1.82) is 0 Å². The van der Waals surface area contributed by atoms with Gasteiger partial charge in [0.25, 0.3) is 11.6 Å². The first-order valence-electron chi connectivity index (χ1n) is 8.27. The molecule has 2 unspecified atom stereocenters. The lowest BCUT2D eigenvalue weighted by molar-refractivity contribution is -0.384. The van der Waals surface area contributed by atoms with E-state index in [1.165, 1.54) is 17.0 Å². The Labute approximate surface area is 149 Å². The van der Waals surface area contributed by atoms with Crippen LogP contribution in [0.2, 0.25) is 0 Å². The third-order valence-electron chi connectivity index (χ3n) is 5.45. The minimum Gasteiger partial charge on any atom is -0.479 e. The van der Waals surface area contributed by atoms with Crippen LogP contribution in [0.25, 0.3) is 11.1 Å². The maximum absolute atomic E-state index is 12.8. The Balaban J connectivity index is 1.67. The van der Waals surface area contributed by atoms with Gasteiger partial charge >= 0.3 is 5.97 Å². The van der Waals surface area contributed by atoms with Gasteiger partial charge < -0.3 is 10.0 Å². The summed E-state index contributed by atoms with van der Waals surface area (Å²) in [6.07, 6.45) is 0.470. The molecule has 2 aromatic carbocycles. The molecule has 26 heavy (non-hydrogen) atoms. The summed E-state index contributed by atoms with van der Waals surface area (Å²) >= 11 is 0. The molecule has 7 nitrogen and oxygen atoms in total. The van der Waals surface area contributed by atoms with E-state index in [4.69, 9.17) is 0 Å². The Bertz CT molecular complexity index is 953. The van der Waals surface area contributed by atoms with Crippen molar-refractivity contribution >= 4 is 17.6 Å². The number of fused-ring (bicyclic) bond motifs is 1. The molecule has 0 spiro atoms. The molecule has 2 aromatic rings. The molecule has 0 aromatic heterocycles. The number of nitrogens with zero attached hydrogens (tertiary/aromatic N) is 2. The van der Waals surface area contributed by atoms with E-state index in [1.54, 1.807) is 18.2 Å². The van der Waals surface area contributed by atoms with Crippen molar-refractivity contribution in [3.8, 4) is 11.1 Å². The fraction of sp³-hybridized carbons (Fsp3) is 0.263. The average Bonchev–Trinajstić information content (AvgIpc) is 3.20. The van der Waals surface area contributed by atoms with Gasteiger partial charge in [-0.2, -0.15) is 0 Å². The zero-order chi connectivity index (χ0) is 18.6. The van der Waals surface area contributed by atoms with Crippen LogP contribution in [0.5, 0.6) is 0 Å². The van der Waals surface area contributed by atoms with E-state index >= 15 is 0 Å². The standard InChI is InChI=1S/C19H16N2O5/c1-11-9-19(11,18(23)24)20-10-14-3-2-13(8-16(14)17(20)22)12-4-6-15(7-5-12)21(25)26/h2-8,11H,9-10H2,1H3,(H,23,24). The van der Waals surface area contributed by atoms with E-state index < -0.39 is 16.4 Å². The van der Waals surface area contributed by atoms with Crippen molar-refractivity contribution in [3.63, 3.8) is 0 Å². The van der Waals surface area contributed by atoms with Gasteiger partial charge in [-0.1, -0.05) is 19.1 Å². The number of amides is 1. The zero-order valence-electron chi connectivity index (χ0n) is 14.0. The minimum atomic E-state index is -1.09. The van der Waals surface area contributed by atoms with Crippen LogP contribution in [0.4, 0.5) is 5.69 Å². The van der Waals surface area contributed by atoms with E-state index in [0.717, 1.165) is 16.7 Å². The average molecular weight is 352 g/mol. The molecule has 0 radical (unpaired) electrons. The van der Waals surface area contributed by atoms with E-state index in [2.05, 4.69) is 0 Å². The minimum absolute atomic E-state index is 0.00304. The highest BCUT2D eigenvalue weighted by atomic mass is 16.6. The smallest absolute Gasteiger partial charge is 0.329 e. The van der Waals surface area contributed by atoms with Gasteiger partial charge in [0.15, 0.2) is 0 Å². The van der Waals surface area contributed by atoms with Crippen molar-refractivity contribution in [2.75, 3.05) is 0 Å². The van der Waals surface area contributed by atoms with Crippen molar-refractivity contribution in [1.82, 2.24) is 4.90 Å². The summed E-state index contributed by atoms with van der Waals surface area (Å²) in [5, 5.41) is 20.4. The highest BCUT2D eigenvalue weighted by molar-refractivity contribution is 6.03. The molecule has 0 saturated heterocycles. The fourth-order valence-electron chi connectivity index (χ4n) is 3.78. The summed E-state index contributed by atoms with van der Waals surface area (Å²) in [6, 6.07) is 11.5. The third kappa shape index (κ3) is 2.20. The first-order chi connectivity index (χ1) is 12.3. The number of carboxylic acid groups (broad SMARTS) is 1. The van der Waals surface area contributed by atoms with Gasteiger partial charge in [0.1, 0.15) is 5.54 Å². The normalized spacial score (nSPS) is 23.7. The summed E-state index contributed by atoms with van der Waals surface area (Å²) in [7, 11) is 0. The Morgan fingerprint density at radius 1 is 1.23 bits per heavy atom. The van der Waals surface area contributed by atoms with Gasteiger partial charge in [0.2, 0.25) is 0 Å². The van der Waals surface area contributed by atoms with Crippen LogP contribution in [0.1, 0.15) is 29.3 Å². The SMILES string of the molecule is CC1CC1(C(=O)O)N1Cc2ccc(-c3ccc([N+](=O)[O-])cc3)cc2C1=O. The quantitative estimate of drug-likeness (QED) is 0.673. The van der Waals surface area contributed by atoms with Gasteiger partial charge in [0.05, 0.1) is 4.92 Å². The number of nitro benzene ring substituents is 1. The number of aliphatic carboxylic acids is 1. The molecular formula is C19H16N2O5. The molecule has 4 rings (SSSR count). The molecule has 1 aliphatic heterocycles. The maximum atomic E-state index is 12.8. The lowest BCUT2D eigenvalue weighted by Crippen LogP contribution is -2.45. The highest BCUT2D eigenvalue weighted by Gasteiger charge is 2.64. The van der Waals surface area contributed by atoms with Gasteiger partial charge in [-0.25, -0.2) is 4.79 Å². The van der Waals surface area contributed by atoms with Gasteiger partial charge in [-0.3, -0.25) is 14.9 Å². The Hall–Kier alpha value is -3.22. The molecule has 0 bridgehead atoms. The molecular weight excluding hydrogens is 336 g/mol. The number of benzene rings is 2. The maximum Gasteiger partial charge on any atom is 0.329 e. The topological polar surface area (TPSA) is 101 Å². The molecule has 7 heteroatoms. The number of hydrogen-bond donors (Lipinski definition) is 1. The first kappa shape index (κ1) is 16.3. The molecule has 1 aliphatic carbocycles. The van der Waals surface area contributed by atoms with Crippen molar-refractivity contribution in [3.05, 3.63) is 63.7 Å². The van der Waals surface area contributed by atoms with E-state index in [0.29, 0.717) is 18.5 Å². The van der Waals surface area contributed by atoms with Gasteiger partial charge in [0, 0.05) is 24.2 Å². The van der Waals surface area contributed by atoms with Crippen LogP contribution in [0.15, 0.2) is 42.5 Å². The monoisotopic (exact) mass is 352 g/mol. The number of hydrogen-bond acceptors (Lipinski definition) is 4. The zero-order valence-corrected chi connectivity index (χ0v) is 14.0. The molecule has 1 heterocycles. The number of rotatable bonds is 4. The molecule has 2 atom stereocenters. The molecule has 1 fully saturated rings. The van der Waals surface area contributed by atoms with E-state index in [1.807, 2.05) is 19.1 Å². The second-order valence-electron chi connectivity index (χ2n) is 6.90. The molecule has 132 valence electrons. The number of nitro groups is 1. The van der Waals surface area contributed by atoms with Crippen LogP contribution in [0, 0.1) is 16.0 Å². The summed E-state index contributed by atoms with van der Waals surface area (Å²) in [6.45, 7) is 2.14. The fourth-order valence-corrected chi connectivity index (χ4v) is 3.78. The predicted molar refractivity (Wildman–Crippen MR) is 92.6 cm³/mol. The van der Waals surface area contributed by atoms with Crippen LogP contribution in [-0.4, -0.2) is 32.3 Å². The van der Waals surface area contributed by atoms with Crippen LogP contribution in [-0.2, 0) is 11.3 Å². The Morgan fingerprint density at radius 2 is 1.85 bits per heavy atom. The molecule has 1 amide bonds. The van der Waals surface area contributed by atoms with Crippen molar-refractivity contribution in [2.45, 2.75) is 25.4 Å². The number of non-ortho nitro benzene ring substituents is 1. The lowest BCUT2D eigenvalue weighted by Gasteiger charge is -2.24. The predicted octanol–water partition coefficient (Wildman–Crippen LogP) is 3.08. The first-order valence-corrected chi connectivity index (χ1v) is 8.27. The van der Waals surface area contributed by atoms with E-state index in [9.17, 15) is 24.8 Å². The number of carbonyl (C=O) groups is 2. The third-order valence-corrected chi connectivity index (χ3v) is 5.45. The van der Waals surface area contributed by atoms with E-state index in [-0.39, 0.29) is 17.5 Å². The molecule has 2 aliphatic rings. The van der Waals surface area contributed by atoms with Crippen molar-refractivity contribution < 1.29 is 19.6 Å². The highest BCUT2D eigenvalue weighted by Crippen LogP contribution is 2.51. The second-order valence-corrected chi connectivity index (χ2v) is 6.90.